The van der Waals surface area contributed by atoms with Crippen molar-refractivity contribution < 1.29 is 23.5 Å². The summed E-state index contributed by atoms with van der Waals surface area (Å²) >= 11 is 5.76. The number of carbonyl (C=O) groups is 2. The van der Waals surface area contributed by atoms with E-state index in [-0.39, 0.29) is 29.2 Å². The molecule has 2 aliphatic rings. The Bertz CT molecular complexity index is 733. The third-order valence-electron chi connectivity index (χ3n) is 5.12. The molecule has 3 unspecified atom stereocenters. The molecule has 3 atom stereocenters. The Kier molecular flexibility index (Phi) is 5.65. The topological polar surface area (TPSA) is 55.8 Å². The standard InChI is InChI=1S/C20H25ClFNO4/c1-20(2,3)27-19(25)23-15-9-5-6-12(15)10-16(23)18(24)26-11-13-7-4-8-14(21)17(13)22/h4,7-8,12,15-16H,5-6,9-11H2,1-3H3. The van der Waals surface area contributed by atoms with Crippen LogP contribution in [0.2, 0.25) is 5.02 Å². The van der Waals surface area contributed by atoms with E-state index in [1.54, 1.807) is 31.7 Å². The molecule has 3 rings (SSSR count). The number of hydrogen-bond acceptors (Lipinski definition) is 4. The highest BCUT2D eigenvalue weighted by Crippen LogP contribution is 2.42. The zero-order valence-electron chi connectivity index (χ0n) is 15.8. The third kappa shape index (κ3) is 4.37. The highest BCUT2D eigenvalue weighted by atomic mass is 35.5. The highest BCUT2D eigenvalue weighted by Gasteiger charge is 2.50. The Labute approximate surface area is 163 Å². The van der Waals surface area contributed by atoms with Crippen LogP contribution in [0, 0.1) is 11.7 Å². The molecule has 0 N–H and O–H groups in total. The van der Waals surface area contributed by atoms with E-state index < -0.39 is 29.5 Å². The molecule has 7 heteroatoms. The maximum Gasteiger partial charge on any atom is 0.411 e. The average molecular weight is 398 g/mol. The SMILES string of the molecule is CC(C)(C)OC(=O)N1C(C(=O)OCc2cccc(Cl)c2F)CC2CCCC21. The molecule has 1 aliphatic heterocycles. The first kappa shape index (κ1) is 19.9. The Hall–Kier alpha value is -1.82. The molecule has 1 amide bonds. The molecule has 148 valence electrons. The number of nitrogens with zero attached hydrogens (tertiary/aromatic N) is 1. The van der Waals surface area contributed by atoms with E-state index in [4.69, 9.17) is 21.1 Å². The van der Waals surface area contributed by atoms with Gasteiger partial charge in [-0.15, -0.1) is 0 Å². The van der Waals surface area contributed by atoms with Crippen molar-refractivity contribution in [3.63, 3.8) is 0 Å². The monoisotopic (exact) mass is 397 g/mol. The maximum absolute atomic E-state index is 14.0. The summed E-state index contributed by atoms with van der Waals surface area (Å²) in [7, 11) is 0. The number of hydrogen-bond donors (Lipinski definition) is 0. The van der Waals surface area contributed by atoms with Crippen LogP contribution in [0.25, 0.3) is 0 Å². The van der Waals surface area contributed by atoms with Crippen molar-refractivity contribution in [3.05, 3.63) is 34.6 Å². The van der Waals surface area contributed by atoms with Crippen LogP contribution in [-0.2, 0) is 20.9 Å². The van der Waals surface area contributed by atoms with Crippen LogP contribution in [0.15, 0.2) is 18.2 Å². The number of amides is 1. The Morgan fingerprint density at radius 2 is 2.04 bits per heavy atom. The van der Waals surface area contributed by atoms with Crippen molar-refractivity contribution >= 4 is 23.7 Å². The minimum absolute atomic E-state index is 0.000283. The van der Waals surface area contributed by atoms with Crippen LogP contribution in [0.5, 0.6) is 0 Å². The van der Waals surface area contributed by atoms with Gasteiger partial charge >= 0.3 is 12.1 Å². The van der Waals surface area contributed by atoms with Crippen LogP contribution in [0.1, 0.15) is 52.0 Å². The van der Waals surface area contributed by atoms with Gasteiger partial charge in [-0.25, -0.2) is 14.0 Å². The van der Waals surface area contributed by atoms with Gasteiger partial charge < -0.3 is 9.47 Å². The normalized spacial score (nSPS) is 24.6. The molecular weight excluding hydrogens is 373 g/mol. The van der Waals surface area contributed by atoms with Gasteiger partial charge in [0.2, 0.25) is 0 Å². The number of likely N-dealkylation sites (tertiary alicyclic amines) is 1. The van der Waals surface area contributed by atoms with E-state index in [9.17, 15) is 14.0 Å². The molecule has 1 aromatic carbocycles. The second-order valence-corrected chi connectivity index (χ2v) is 8.63. The van der Waals surface area contributed by atoms with Crippen molar-refractivity contribution in [2.75, 3.05) is 0 Å². The summed E-state index contributed by atoms with van der Waals surface area (Å²) in [5, 5.41) is -0.0191. The molecule has 1 saturated carbocycles. The van der Waals surface area contributed by atoms with Gasteiger partial charge in [-0.05, 0) is 52.0 Å². The summed E-state index contributed by atoms with van der Waals surface area (Å²) in [4.78, 5) is 27.0. The molecule has 27 heavy (non-hydrogen) atoms. The number of ether oxygens (including phenoxy) is 2. The Morgan fingerprint density at radius 3 is 2.74 bits per heavy atom. The average Bonchev–Trinajstić information content (AvgIpc) is 3.14. The van der Waals surface area contributed by atoms with E-state index >= 15 is 0 Å². The quantitative estimate of drug-likeness (QED) is 0.693. The van der Waals surface area contributed by atoms with Crippen molar-refractivity contribution in [1.29, 1.82) is 0 Å². The second kappa shape index (κ2) is 7.66. The van der Waals surface area contributed by atoms with E-state index in [1.807, 2.05) is 0 Å². The molecule has 1 aliphatic carbocycles. The molecule has 0 radical (unpaired) electrons. The van der Waals surface area contributed by atoms with Gasteiger partial charge in [-0.3, -0.25) is 4.90 Å². The van der Waals surface area contributed by atoms with Crippen molar-refractivity contribution in [3.8, 4) is 0 Å². The van der Waals surface area contributed by atoms with E-state index in [0.29, 0.717) is 6.42 Å². The molecule has 1 aromatic rings. The summed E-state index contributed by atoms with van der Waals surface area (Å²) in [5.41, 5.74) is -0.440. The first-order valence-corrected chi connectivity index (χ1v) is 9.66. The van der Waals surface area contributed by atoms with Crippen LogP contribution < -0.4 is 0 Å². The number of rotatable bonds is 3. The van der Waals surface area contributed by atoms with Gasteiger partial charge in [-0.2, -0.15) is 0 Å². The molecule has 0 bridgehead atoms. The van der Waals surface area contributed by atoms with Gasteiger partial charge in [0.25, 0.3) is 0 Å². The second-order valence-electron chi connectivity index (χ2n) is 8.22. The summed E-state index contributed by atoms with van der Waals surface area (Å²) in [6.07, 6.45) is 2.94. The number of fused-ring (bicyclic) bond motifs is 1. The molecule has 0 aromatic heterocycles. The summed E-state index contributed by atoms with van der Waals surface area (Å²) in [6.45, 7) is 5.16. The van der Waals surface area contributed by atoms with Crippen molar-refractivity contribution in [2.24, 2.45) is 5.92 Å². The number of benzene rings is 1. The minimum Gasteiger partial charge on any atom is -0.459 e. The van der Waals surface area contributed by atoms with Crippen LogP contribution >= 0.6 is 11.6 Å². The maximum atomic E-state index is 14.0. The predicted octanol–water partition coefficient (Wildman–Crippen LogP) is 4.70. The van der Waals surface area contributed by atoms with Gasteiger partial charge in [0.15, 0.2) is 0 Å². The number of esters is 1. The number of halogens is 2. The summed E-state index contributed by atoms with van der Waals surface area (Å²) < 4.78 is 24.8. The third-order valence-corrected chi connectivity index (χ3v) is 5.41. The molecule has 2 fully saturated rings. The van der Waals surface area contributed by atoms with Crippen molar-refractivity contribution in [1.82, 2.24) is 4.90 Å². The molecule has 5 nitrogen and oxygen atoms in total. The predicted molar refractivity (Wildman–Crippen MR) is 98.8 cm³/mol. The van der Waals surface area contributed by atoms with Crippen LogP contribution in [0.4, 0.5) is 9.18 Å². The van der Waals surface area contributed by atoms with Gasteiger partial charge in [0.05, 0.1) is 5.02 Å². The zero-order valence-corrected chi connectivity index (χ0v) is 16.6. The molecule has 0 spiro atoms. The first-order chi connectivity index (χ1) is 12.7. The lowest BCUT2D eigenvalue weighted by molar-refractivity contribution is -0.150. The van der Waals surface area contributed by atoms with E-state index in [2.05, 4.69) is 0 Å². The van der Waals surface area contributed by atoms with E-state index in [0.717, 1.165) is 19.3 Å². The fourth-order valence-electron chi connectivity index (χ4n) is 3.98. The Morgan fingerprint density at radius 1 is 1.30 bits per heavy atom. The Balaban J connectivity index is 1.71. The summed E-state index contributed by atoms with van der Waals surface area (Å²) in [5.74, 6) is -0.855. The molecular formula is C20H25ClFNO4. The lowest BCUT2D eigenvalue weighted by Gasteiger charge is -2.31. The van der Waals surface area contributed by atoms with Crippen LogP contribution in [-0.4, -0.2) is 34.6 Å². The van der Waals surface area contributed by atoms with Gasteiger partial charge in [-0.1, -0.05) is 30.2 Å². The summed E-state index contributed by atoms with van der Waals surface area (Å²) in [6, 6.07) is 3.85. The van der Waals surface area contributed by atoms with Crippen LogP contribution in [0.3, 0.4) is 0 Å². The van der Waals surface area contributed by atoms with Gasteiger partial charge in [0, 0.05) is 11.6 Å². The first-order valence-electron chi connectivity index (χ1n) is 9.28. The molecule has 1 saturated heterocycles. The lowest BCUT2D eigenvalue weighted by atomic mass is 10.0. The fraction of sp³-hybridized carbons (Fsp3) is 0.600. The minimum atomic E-state index is -0.697. The molecule has 1 heterocycles. The smallest absolute Gasteiger partial charge is 0.411 e. The lowest BCUT2D eigenvalue weighted by Crippen LogP contribution is -2.47. The highest BCUT2D eigenvalue weighted by molar-refractivity contribution is 6.30. The zero-order chi connectivity index (χ0) is 19.8. The number of carbonyl (C=O) groups excluding carboxylic acids is 2. The van der Waals surface area contributed by atoms with Crippen molar-refractivity contribution in [2.45, 2.75) is 70.7 Å². The van der Waals surface area contributed by atoms with E-state index in [1.165, 1.54) is 12.1 Å². The van der Waals surface area contributed by atoms with Gasteiger partial charge in [0.1, 0.15) is 24.1 Å². The fourth-order valence-corrected chi connectivity index (χ4v) is 4.18. The largest absolute Gasteiger partial charge is 0.459 e.